The van der Waals surface area contributed by atoms with E-state index in [-0.39, 0.29) is 24.4 Å². The van der Waals surface area contributed by atoms with E-state index in [1.54, 1.807) is 24.3 Å². The fourth-order valence-electron chi connectivity index (χ4n) is 2.40. The maximum absolute atomic E-state index is 13.9. The van der Waals surface area contributed by atoms with E-state index < -0.39 is 11.7 Å². The number of nitrogens with zero attached hydrogens (tertiary/aromatic N) is 1. The lowest BCUT2D eigenvalue weighted by molar-refractivity contribution is -0.128. The van der Waals surface area contributed by atoms with E-state index >= 15 is 0 Å². The van der Waals surface area contributed by atoms with Crippen LogP contribution in [-0.2, 0) is 17.8 Å². The third kappa shape index (κ3) is 2.78. The quantitative estimate of drug-likeness (QED) is 0.737. The topological polar surface area (TPSA) is 37.4 Å². The van der Waals surface area contributed by atoms with E-state index in [4.69, 9.17) is 11.6 Å². The minimum Gasteiger partial charge on any atom is -0.274 e. The lowest BCUT2D eigenvalue weighted by Crippen LogP contribution is -2.41. The molecule has 2 aromatic rings. The SMILES string of the molecule is O=C1Cc2ccc(Cl)cc2C(=O)N1Cc1ccc(Br)cc1F. The van der Waals surface area contributed by atoms with Crippen LogP contribution < -0.4 is 0 Å². The summed E-state index contributed by atoms with van der Waals surface area (Å²) < 4.78 is 14.5. The third-order valence-electron chi connectivity index (χ3n) is 3.53. The molecule has 0 atom stereocenters. The molecule has 0 spiro atoms. The maximum Gasteiger partial charge on any atom is 0.261 e. The Morgan fingerprint density at radius 3 is 2.68 bits per heavy atom. The van der Waals surface area contributed by atoms with Gasteiger partial charge in [0, 0.05) is 20.6 Å². The van der Waals surface area contributed by atoms with Gasteiger partial charge in [-0.1, -0.05) is 39.7 Å². The van der Waals surface area contributed by atoms with Gasteiger partial charge in [-0.2, -0.15) is 0 Å². The van der Waals surface area contributed by atoms with Gasteiger partial charge in [0.25, 0.3) is 5.91 Å². The number of rotatable bonds is 2. The number of carbonyl (C=O) groups excluding carboxylic acids is 2. The van der Waals surface area contributed by atoms with Crippen molar-refractivity contribution >= 4 is 39.3 Å². The summed E-state index contributed by atoms with van der Waals surface area (Å²) >= 11 is 9.08. The van der Waals surface area contributed by atoms with Gasteiger partial charge in [-0.15, -0.1) is 0 Å². The number of carbonyl (C=O) groups is 2. The predicted molar refractivity (Wildman–Crippen MR) is 84.1 cm³/mol. The van der Waals surface area contributed by atoms with Crippen molar-refractivity contribution < 1.29 is 14.0 Å². The van der Waals surface area contributed by atoms with Crippen LogP contribution in [0.15, 0.2) is 40.9 Å². The van der Waals surface area contributed by atoms with Crippen LogP contribution in [0.1, 0.15) is 21.5 Å². The van der Waals surface area contributed by atoms with E-state index in [2.05, 4.69) is 15.9 Å². The van der Waals surface area contributed by atoms with Crippen LogP contribution in [0.3, 0.4) is 0 Å². The number of benzene rings is 2. The Balaban J connectivity index is 1.94. The van der Waals surface area contributed by atoms with E-state index in [0.29, 0.717) is 20.6 Å². The number of imide groups is 1. The molecule has 0 unspecified atom stereocenters. The number of hydrogen-bond acceptors (Lipinski definition) is 2. The Kier molecular flexibility index (Phi) is 4.02. The van der Waals surface area contributed by atoms with Gasteiger partial charge in [-0.05, 0) is 29.8 Å². The fraction of sp³-hybridized carbons (Fsp3) is 0.125. The van der Waals surface area contributed by atoms with E-state index in [1.165, 1.54) is 12.1 Å². The van der Waals surface area contributed by atoms with Crippen molar-refractivity contribution in [1.29, 1.82) is 0 Å². The molecule has 0 bridgehead atoms. The smallest absolute Gasteiger partial charge is 0.261 e. The Labute approximate surface area is 139 Å². The molecule has 3 rings (SSSR count). The number of halogens is 3. The van der Waals surface area contributed by atoms with Crippen molar-refractivity contribution in [2.24, 2.45) is 0 Å². The van der Waals surface area contributed by atoms with Crippen molar-refractivity contribution in [3.05, 3.63) is 68.4 Å². The molecular weight excluding hydrogens is 373 g/mol. The Morgan fingerprint density at radius 2 is 1.95 bits per heavy atom. The first-order valence-corrected chi connectivity index (χ1v) is 7.70. The first-order chi connectivity index (χ1) is 10.5. The van der Waals surface area contributed by atoms with E-state index in [0.717, 1.165) is 4.90 Å². The van der Waals surface area contributed by atoms with E-state index in [9.17, 15) is 14.0 Å². The van der Waals surface area contributed by atoms with Crippen molar-refractivity contribution in [3.63, 3.8) is 0 Å². The van der Waals surface area contributed by atoms with Crippen molar-refractivity contribution in [3.8, 4) is 0 Å². The summed E-state index contributed by atoms with van der Waals surface area (Å²) in [4.78, 5) is 25.7. The second kappa shape index (κ2) is 5.82. The predicted octanol–water partition coefficient (Wildman–Crippen LogP) is 3.97. The summed E-state index contributed by atoms with van der Waals surface area (Å²) in [5, 5.41) is 0.427. The molecule has 1 aliphatic heterocycles. The zero-order chi connectivity index (χ0) is 15.9. The highest BCUT2D eigenvalue weighted by Crippen LogP contribution is 2.25. The minimum atomic E-state index is -0.466. The zero-order valence-corrected chi connectivity index (χ0v) is 13.6. The highest BCUT2D eigenvalue weighted by atomic mass is 79.9. The molecule has 0 aliphatic carbocycles. The Bertz CT molecular complexity index is 794. The normalized spacial score (nSPS) is 14.2. The molecule has 0 aromatic heterocycles. The number of amides is 2. The standard InChI is InChI=1S/C16H10BrClFNO2/c17-11-3-1-10(14(19)6-11)8-20-15(21)5-9-2-4-12(18)7-13(9)16(20)22/h1-4,6-7H,5,8H2. The van der Waals surface area contributed by atoms with Crippen molar-refractivity contribution in [2.75, 3.05) is 0 Å². The summed E-state index contributed by atoms with van der Waals surface area (Å²) in [5.41, 5.74) is 1.33. The molecular formula is C16H10BrClFNO2. The molecule has 0 saturated heterocycles. The van der Waals surface area contributed by atoms with Crippen LogP contribution in [0.25, 0.3) is 0 Å². The number of fused-ring (bicyclic) bond motifs is 1. The van der Waals surface area contributed by atoms with Crippen molar-refractivity contribution in [2.45, 2.75) is 13.0 Å². The molecule has 3 nitrogen and oxygen atoms in total. The first kappa shape index (κ1) is 15.2. The van der Waals surface area contributed by atoms with Crippen molar-refractivity contribution in [1.82, 2.24) is 4.90 Å². The zero-order valence-electron chi connectivity index (χ0n) is 11.3. The molecule has 112 valence electrons. The van der Waals surface area contributed by atoms with Gasteiger partial charge in [-0.25, -0.2) is 4.39 Å². The van der Waals surface area contributed by atoms with E-state index in [1.807, 2.05) is 0 Å². The molecule has 22 heavy (non-hydrogen) atoms. The van der Waals surface area contributed by atoms with Gasteiger partial charge in [-0.3, -0.25) is 14.5 Å². The molecule has 0 N–H and O–H groups in total. The summed E-state index contributed by atoms with van der Waals surface area (Å²) in [6.45, 7) is -0.0945. The van der Waals surface area contributed by atoms with Gasteiger partial charge in [0.05, 0.1) is 13.0 Å². The van der Waals surface area contributed by atoms with Crippen LogP contribution in [0.5, 0.6) is 0 Å². The minimum absolute atomic E-state index is 0.0945. The number of hydrogen-bond donors (Lipinski definition) is 0. The second-order valence-corrected chi connectivity index (χ2v) is 6.35. The average Bonchev–Trinajstić information content (AvgIpc) is 2.46. The molecule has 0 fully saturated rings. The molecule has 1 aliphatic rings. The maximum atomic E-state index is 13.9. The van der Waals surface area contributed by atoms with Crippen LogP contribution in [-0.4, -0.2) is 16.7 Å². The van der Waals surface area contributed by atoms with Gasteiger partial charge >= 0.3 is 0 Å². The highest BCUT2D eigenvalue weighted by Gasteiger charge is 2.31. The summed E-state index contributed by atoms with van der Waals surface area (Å²) in [5.74, 6) is -1.26. The molecule has 0 saturated carbocycles. The molecule has 2 amide bonds. The van der Waals surface area contributed by atoms with Gasteiger partial charge in [0.15, 0.2) is 0 Å². The Hall–Kier alpha value is -1.72. The monoisotopic (exact) mass is 381 g/mol. The van der Waals surface area contributed by atoms with Crippen LogP contribution in [0.2, 0.25) is 5.02 Å². The van der Waals surface area contributed by atoms with Crippen LogP contribution in [0.4, 0.5) is 4.39 Å². The lowest BCUT2D eigenvalue weighted by atomic mass is 9.98. The fourth-order valence-corrected chi connectivity index (χ4v) is 2.90. The molecule has 1 heterocycles. The lowest BCUT2D eigenvalue weighted by Gasteiger charge is -2.27. The van der Waals surface area contributed by atoms with Gasteiger partial charge in [0.2, 0.25) is 5.91 Å². The third-order valence-corrected chi connectivity index (χ3v) is 4.26. The first-order valence-electron chi connectivity index (χ1n) is 6.53. The molecule has 2 aromatic carbocycles. The molecule has 6 heteroatoms. The van der Waals surface area contributed by atoms with Gasteiger partial charge in [0.1, 0.15) is 5.82 Å². The summed E-state index contributed by atoms with van der Waals surface area (Å²) in [6, 6.07) is 9.38. The highest BCUT2D eigenvalue weighted by molar-refractivity contribution is 9.10. The van der Waals surface area contributed by atoms with Crippen LogP contribution >= 0.6 is 27.5 Å². The van der Waals surface area contributed by atoms with Gasteiger partial charge < -0.3 is 0 Å². The largest absolute Gasteiger partial charge is 0.274 e. The van der Waals surface area contributed by atoms with Crippen LogP contribution in [0, 0.1) is 5.82 Å². The summed E-state index contributed by atoms with van der Waals surface area (Å²) in [7, 11) is 0. The molecule has 0 radical (unpaired) electrons. The Morgan fingerprint density at radius 1 is 1.18 bits per heavy atom. The second-order valence-electron chi connectivity index (χ2n) is 5.00. The summed E-state index contributed by atoms with van der Waals surface area (Å²) in [6.07, 6.45) is 0.108. The average molecular weight is 383 g/mol.